The summed E-state index contributed by atoms with van der Waals surface area (Å²) >= 11 is 16.9. The monoisotopic (exact) mass is 238 g/mol. The van der Waals surface area contributed by atoms with Crippen molar-refractivity contribution < 1.29 is 4.74 Å². The summed E-state index contributed by atoms with van der Waals surface area (Å²) in [7, 11) is 0. The van der Waals surface area contributed by atoms with Gasteiger partial charge in [-0.3, -0.25) is 0 Å². The molecular formula is C7H5Cl3N2O. The molecule has 0 N–H and O–H groups in total. The number of rotatable bonds is 3. The Morgan fingerprint density at radius 1 is 1.31 bits per heavy atom. The summed E-state index contributed by atoms with van der Waals surface area (Å²) in [6.45, 7) is 3.75. The van der Waals surface area contributed by atoms with Crippen molar-refractivity contribution in [2.24, 2.45) is 0 Å². The lowest BCUT2D eigenvalue weighted by Crippen LogP contribution is -1.98. The Morgan fingerprint density at radius 2 is 2.00 bits per heavy atom. The fourth-order valence-corrected chi connectivity index (χ4v) is 1.11. The topological polar surface area (TPSA) is 35.0 Å². The molecule has 0 aliphatic rings. The lowest BCUT2D eigenvalue weighted by atomic mass is 10.6. The zero-order chi connectivity index (χ0) is 9.84. The highest BCUT2D eigenvalue weighted by molar-refractivity contribution is 6.42. The maximum absolute atomic E-state index is 5.73. The van der Waals surface area contributed by atoms with E-state index in [4.69, 9.17) is 39.5 Å². The number of ether oxygens (including phenoxy) is 1. The molecule has 1 aromatic heterocycles. The quantitative estimate of drug-likeness (QED) is 0.462. The Morgan fingerprint density at radius 3 is 2.62 bits per heavy atom. The van der Waals surface area contributed by atoms with Crippen LogP contribution < -0.4 is 4.74 Å². The fourth-order valence-electron chi connectivity index (χ4n) is 0.610. The average molecular weight is 239 g/mol. The summed E-state index contributed by atoms with van der Waals surface area (Å²) in [6.07, 6.45) is 1.56. The Kier molecular flexibility index (Phi) is 3.78. The molecule has 0 unspecified atom stereocenters. The number of halogens is 3. The molecule has 0 aliphatic carbocycles. The number of hydrogen-bond donors (Lipinski definition) is 0. The van der Waals surface area contributed by atoms with E-state index < -0.39 is 0 Å². The van der Waals surface area contributed by atoms with Gasteiger partial charge in [0.2, 0.25) is 11.2 Å². The molecule has 0 saturated carbocycles. The van der Waals surface area contributed by atoms with Crippen molar-refractivity contribution >= 4 is 34.8 Å². The molecular weight excluding hydrogens is 234 g/mol. The molecule has 0 aliphatic heterocycles. The van der Waals surface area contributed by atoms with Gasteiger partial charge in [0.15, 0.2) is 5.15 Å². The maximum Gasteiger partial charge on any atom is 0.238 e. The van der Waals surface area contributed by atoms with E-state index in [1.165, 1.54) is 0 Å². The van der Waals surface area contributed by atoms with Crippen molar-refractivity contribution in [1.82, 2.24) is 9.97 Å². The van der Waals surface area contributed by atoms with Gasteiger partial charge in [0.05, 0.1) is 0 Å². The second kappa shape index (κ2) is 4.65. The van der Waals surface area contributed by atoms with Crippen LogP contribution in [0.2, 0.25) is 15.5 Å². The molecule has 1 aromatic rings. The van der Waals surface area contributed by atoms with E-state index in [2.05, 4.69) is 16.5 Å². The molecule has 0 aromatic carbocycles. The molecule has 1 heterocycles. The molecule has 0 fully saturated rings. The van der Waals surface area contributed by atoms with Crippen LogP contribution in [0.15, 0.2) is 12.7 Å². The lowest BCUT2D eigenvalue weighted by Gasteiger charge is -2.04. The van der Waals surface area contributed by atoms with Crippen LogP contribution in [0.5, 0.6) is 5.88 Å². The molecule has 1 rings (SSSR count). The van der Waals surface area contributed by atoms with E-state index in [0.717, 1.165) is 0 Å². The van der Waals surface area contributed by atoms with Gasteiger partial charge >= 0.3 is 0 Å². The van der Waals surface area contributed by atoms with Crippen molar-refractivity contribution in [1.29, 1.82) is 0 Å². The van der Waals surface area contributed by atoms with Crippen LogP contribution in [0.3, 0.4) is 0 Å². The van der Waals surface area contributed by atoms with Gasteiger partial charge in [-0.15, -0.1) is 0 Å². The molecule has 13 heavy (non-hydrogen) atoms. The minimum atomic E-state index is -0.00605. The normalized spacial score (nSPS) is 9.77. The van der Waals surface area contributed by atoms with Gasteiger partial charge in [0, 0.05) is 0 Å². The van der Waals surface area contributed by atoms with E-state index in [1.54, 1.807) is 6.08 Å². The largest absolute Gasteiger partial charge is 0.472 e. The van der Waals surface area contributed by atoms with Gasteiger partial charge in [-0.05, 0) is 11.6 Å². The van der Waals surface area contributed by atoms with Crippen molar-refractivity contribution in [3.63, 3.8) is 0 Å². The summed E-state index contributed by atoms with van der Waals surface area (Å²) in [5.74, 6) is 0.159. The molecule has 0 bridgehead atoms. The summed E-state index contributed by atoms with van der Waals surface area (Å²) < 4.78 is 5.08. The van der Waals surface area contributed by atoms with Gasteiger partial charge in [0.25, 0.3) is 0 Å². The lowest BCUT2D eigenvalue weighted by molar-refractivity contribution is 0.348. The van der Waals surface area contributed by atoms with Crippen LogP contribution in [0, 0.1) is 0 Å². The van der Waals surface area contributed by atoms with E-state index in [0.29, 0.717) is 0 Å². The van der Waals surface area contributed by atoms with Gasteiger partial charge < -0.3 is 4.74 Å². The van der Waals surface area contributed by atoms with Crippen molar-refractivity contribution in [3.8, 4) is 5.88 Å². The first kappa shape index (κ1) is 10.6. The molecule has 3 nitrogen and oxygen atoms in total. The number of aromatic nitrogens is 2. The van der Waals surface area contributed by atoms with Crippen LogP contribution in [-0.4, -0.2) is 16.6 Å². The predicted molar refractivity (Wildman–Crippen MR) is 52.8 cm³/mol. The molecule has 0 radical (unpaired) electrons. The maximum atomic E-state index is 5.73. The summed E-state index contributed by atoms with van der Waals surface area (Å²) in [6, 6.07) is 0. The molecule has 0 spiro atoms. The third-order valence-electron chi connectivity index (χ3n) is 1.09. The van der Waals surface area contributed by atoms with Crippen LogP contribution in [0.25, 0.3) is 0 Å². The average Bonchev–Trinajstić information content (AvgIpc) is 2.09. The van der Waals surface area contributed by atoms with E-state index in [-0.39, 0.29) is 27.9 Å². The highest BCUT2D eigenvalue weighted by Crippen LogP contribution is 2.29. The summed E-state index contributed by atoms with van der Waals surface area (Å²) in [5, 5.41) is 0.210. The third-order valence-corrected chi connectivity index (χ3v) is 1.97. The second-order valence-electron chi connectivity index (χ2n) is 2.00. The third kappa shape index (κ3) is 2.72. The van der Waals surface area contributed by atoms with Crippen molar-refractivity contribution in [2.45, 2.75) is 0 Å². The van der Waals surface area contributed by atoms with E-state index >= 15 is 0 Å². The smallest absolute Gasteiger partial charge is 0.238 e. The van der Waals surface area contributed by atoms with E-state index in [1.807, 2.05) is 0 Å². The molecule has 6 heteroatoms. The zero-order valence-corrected chi connectivity index (χ0v) is 8.70. The van der Waals surface area contributed by atoms with Gasteiger partial charge in [0.1, 0.15) is 11.6 Å². The molecule has 70 valence electrons. The van der Waals surface area contributed by atoms with Crippen LogP contribution in [-0.2, 0) is 0 Å². The van der Waals surface area contributed by atoms with Gasteiger partial charge in [-0.25, -0.2) is 4.98 Å². The Balaban J connectivity index is 2.98. The summed E-state index contributed by atoms with van der Waals surface area (Å²) in [5.41, 5.74) is 0. The zero-order valence-electron chi connectivity index (χ0n) is 6.43. The molecule has 0 amide bonds. The first-order chi connectivity index (χ1) is 6.15. The van der Waals surface area contributed by atoms with Crippen molar-refractivity contribution in [3.05, 3.63) is 28.1 Å². The standard InChI is InChI=1S/C7H5Cl3N2O/c1-2-3-13-6-4(8)5(9)11-7(10)12-6/h2H,1,3H2. The van der Waals surface area contributed by atoms with Crippen molar-refractivity contribution in [2.75, 3.05) is 6.61 Å². The van der Waals surface area contributed by atoms with Crippen LogP contribution >= 0.6 is 34.8 Å². The first-order valence-corrected chi connectivity index (χ1v) is 4.40. The fraction of sp³-hybridized carbons (Fsp3) is 0.143. The summed E-state index contributed by atoms with van der Waals surface area (Å²) in [4.78, 5) is 7.36. The Labute approximate surface area is 90.3 Å². The van der Waals surface area contributed by atoms with Gasteiger partial charge in [-0.2, -0.15) is 4.98 Å². The Bertz CT molecular complexity index is 330. The number of hydrogen-bond acceptors (Lipinski definition) is 3. The SMILES string of the molecule is C=CCOc1nc(Cl)nc(Cl)c1Cl. The highest BCUT2D eigenvalue weighted by atomic mass is 35.5. The molecule has 0 saturated heterocycles. The van der Waals surface area contributed by atoms with Crippen LogP contribution in [0.1, 0.15) is 0 Å². The minimum Gasteiger partial charge on any atom is -0.472 e. The Hall–Kier alpha value is -0.510. The minimum absolute atomic E-state index is 0.00605. The second-order valence-corrected chi connectivity index (χ2v) is 3.08. The first-order valence-electron chi connectivity index (χ1n) is 3.27. The predicted octanol–water partition coefficient (Wildman–Crippen LogP) is 3.00. The van der Waals surface area contributed by atoms with Crippen LogP contribution in [0.4, 0.5) is 0 Å². The van der Waals surface area contributed by atoms with Gasteiger partial charge in [-0.1, -0.05) is 35.9 Å². The molecule has 0 atom stereocenters. The highest BCUT2D eigenvalue weighted by Gasteiger charge is 2.10. The number of nitrogens with zero attached hydrogens (tertiary/aromatic N) is 2. The van der Waals surface area contributed by atoms with E-state index in [9.17, 15) is 0 Å².